The summed E-state index contributed by atoms with van der Waals surface area (Å²) in [5.74, 6) is 5.64. The Labute approximate surface area is 104 Å². The molecule has 3 nitrogen and oxygen atoms in total. The molecule has 1 rings (SSSR count). The minimum absolute atomic E-state index is 0.422. The molecule has 102 valence electrons. The number of halogens is 3. The van der Waals surface area contributed by atoms with Gasteiger partial charge in [-0.3, -0.25) is 11.3 Å². The van der Waals surface area contributed by atoms with Crippen molar-refractivity contribution in [3.63, 3.8) is 0 Å². The zero-order chi connectivity index (χ0) is 13.6. The monoisotopic (exact) mass is 262 g/mol. The van der Waals surface area contributed by atoms with Crippen molar-refractivity contribution in [2.75, 3.05) is 6.61 Å². The van der Waals surface area contributed by atoms with Gasteiger partial charge in [0, 0.05) is 5.56 Å². The first kappa shape index (κ1) is 14.8. The van der Waals surface area contributed by atoms with Crippen LogP contribution in [0.15, 0.2) is 24.3 Å². The standard InChI is InChI=1S/C12H17F3N2O/c1-2-7-18-11-6-4-3-5-9(11)10(17-16)8-12(13,14)15/h3-6,10,17H,2,7-8,16H2,1H3. The molecule has 0 bridgehead atoms. The van der Waals surface area contributed by atoms with Crippen LogP contribution in [0.5, 0.6) is 5.75 Å². The molecular weight excluding hydrogens is 245 g/mol. The van der Waals surface area contributed by atoms with E-state index >= 15 is 0 Å². The molecular formula is C12H17F3N2O. The van der Waals surface area contributed by atoms with Gasteiger partial charge in [-0.25, -0.2) is 0 Å². The van der Waals surface area contributed by atoms with E-state index < -0.39 is 18.6 Å². The van der Waals surface area contributed by atoms with Crippen LogP contribution in [0, 0.1) is 0 Å². The molecule has 18 heavy (non-hydrogen) atoms. The van der Waals surface area contributed by atoms with Crippen LogP contribution in [0.4, 0.5) is 13.2 Å². The molecule has 0 fully saturated rings. The van der Waals surface area contributed by atoms with E-state index in [1.807, 2.05) is 6.92 Å². The smallest absolute Gasteiger partial charge is 0.390 e. The molecule has 0 saturated carbocycles. The number of nitrogens with two attached hydrogens (primary N) is 1. The summed E-state index contributed by atoms with van der Waals surface area (Å²) < 4.78 is 42.7. The van der Waals surface area contributed by atoms with Crippen LogP contribution in [0.25, 0.3) is 0 Å². The Kier molecular flexibility index (Phi) is 5.43. The molecule has 1 atom stereocenters. The van der Waals surface area contributed by atoms with E-state index in [9.17, 15) is 13.2 Å². The summed E-state index contributed by atoms with van der Waals surface area (Å²) >= 11 is 0. The zero-order valence-corrected chi connectivity index (χ0v) is 10.1. The third kappa shape index (κ3) is 4.54. The van der Waals surface area contributed by atoms with E-state index in [1.165, 1.54) is 0 Å². The van der Waals surface area contributed by atoms with Gasteiger partial charge in [0.25, 0.3) is 0 Å². The number of alkyl halides is 3. The summed E-state index contributed by atoms with van der Waals surface area (Å²) in [6.07, 6.45) is -4.53. The number of rotatable bonds is 6. The molecule has 0 radical (unpaired) electrons. The van der Waals surface area contributed by atoms with Crippen LogP contribution in [0.1, 0.15) is 31.4 Å². The highest BCUT2D eigenvalue weighted by Crippen LogP contribution is 2.33. The van der Waals surface area contributed by atoms with E-state index in [0.29, 0.717) is 17.9 Å². The topological polar surface area (TPSA) is 47.3 Å². The van der Waals surface area contributed by atoms with Gasteiger partial charge in [-0.2, -0.15) is 13.2 Å². The first-order chi connectivity index (χ1) is 8.48. The van der Waals surface area contributed by atoms with Gasteiger partial charge in [0.1, 0.15) is 5.75 Å². The van der Waals surface area contributed by atoms with Crippen molar-refractivity contribution in [2.24, 2.45) is 5.84 Å². The lowest BCUT2D eigenvalue weighted by Gasteiger charge is -2.21. The van der Waals surface area contributed by atoms with Crippen molar-refractivity contribution in [1.82, 2.24) is 5.43 Å². The molecule has 1 aromatic carbocycles. The van der Waals surface area contributed by atoms with Crippen LogP contribution in [0.3, 0.4) is 0 Å². The number of para-hydroxylation sites is 1. The lowest BCUT2D eigenvalue weighted by atomic mass is 10.0. The van der Waals surface area contributed by atoms with Gasteiger partial charge >= 0.3 is 6.18 Å². The second-order valence-corrected chi connectivity index (χ2v) is 3.92. The lowest BCUT2D eigenvalue weighted by molar-refractivity contribution is -0.140. The highest BCUT2D eigenvalue weighted by atomic mass is 19.4. The van der Waals surface area contributed by atoms with Gasteiger partial charge in [0.2, 0.25) is 0 Å². The van der Waals surface area contributed by atoms with Crippen molar-refractivity contribution in [3.05, 3.63) is 29.8 Å². The largest absolute Gasteiger partial charge is 0.493 e. The second-order valence-electron chi connectivity index (χ2n) is 3.92. The molecule has 0 spiro atoms. The fourth-order valence-corrected chi connectivity index (χ4v) is 1.60. The van der Waals surface area contributed by atoms with Gasteiger partial charge in [0.05, 0.1) is 19.1 Å². The minimum Gasteiger partial charge on any atom is -0.493 e. The van der Waals surface area contributed by atoms with Crippen LogP contribution in [0.2, 0.25) is 0 Å². The Balaban J connectivity index is 2.90. The fraction of sp³-hybridized carbons (Fsp3) is 0.500. The number of benzene rings is 1. The van der Waals surface area contributed by atoms with E-state index in [2.05, 4.69) is 5.43 Å². The number of nitrogens with one attached hydrogen (secondary N) is 1. The highest BCUT2D eigenvalue weighted by molar-refractivity contribution is 5.36. The Morgan fingerprint density at radius 1 is 1.33 bits per heavy atom. The molecule has 1 unspecified atom stereocenters. The van der Waals surface area contributed by atoms with Gasteiger partial charge in [-0.1, -0.05) is 25.1 Å². The van der Waals surface area contributed by atoms with Crippen LogP contribution >= 0.6 is 0 Å². The molecule has 0 aliphatic carbocycles. The minimum atomic E-state index is -4.28. The van der Waals surface area contributed by atoms with Crippen molar-refractivity contribution in [3.8, 4) is 5.75 Å². The SMILES string of the molecule is CCCOc1ccccc1C(CC(F)(F)F)NN. The van der Waals surface area contributed by atoms with Crippen LogP contribution < -0.4 is 16.0 Å². The average Bonchev–Trinajstić information content (AvgIpc) is 2.33. The number of hydrogen-bond donors (Lipinski definition) is 2. The summed E-state index contributed by atoms with van der Waals surface area (Å²) in [6, 6.07) is 5.61. The summed E-state index contributed by atoms with van der Waals surface area (Å²) in [7, 11) is 0. The third-order valence-electron chi connectivity index (χ3n) is 2.39. The normalized spacial score (nSPS) is 13.4. The summed E-state index contributed by atoms with van der Waals surface area (Å²) in [4.78, 5) is 0. The maximum atomic E-state index is 12.4. The van der Waals surface area contributed by atoms with Crippen LogP contribution in [-0.2, 0) is 0 Å². The molecule has 1 aromatic rings. The molecule has 0 aliphatic heterocycles. The van der Waals surface area contributed by atoms with Crippen molar-refractivity contribution >= 4 is 0 Å². The molecule has 0 saturated heterocycles. The number of hydrazine groups is 1. The Morgan fingerprint density at radius 2 is 2.00 bits per heavy atom. The van der Waals surface area contributed by atoms with Gasteiger partial charge in [0.15, 0.2) is 0 Å². The van der Waals surface area contributed by atoms with Crippen LogP contribution in [-0.4, -0.2) is 12.8 Å². The molecule has 0 heterocycles. The van der Waals surface area contributed by atoms with Crippen molar-refractivity contribution in [1.29, 1.82) is 0 Å². The van der Waals surface area contributed by atoms with Crippen molar-refractivity contribution in [2.45, 2.75) is 32.0 Å². The third-order valence-corrected chi connectivity index (χ3v) is 2.39. The maximum Gasteiger partial charge on any atom is 0.390 e. The number of hydrogen-bond acceptors (Lipinski definition) is 3. The maximum absolute atomic E-state index is 12.4. The first-order valence-electron chi connectivity index (χ1n) is 5.72. The van der Waals surface area contributed by atoms with E-state index in [4.69, 9.17) is 10.6 Å². The zero-order valence-electron chi connectivity index (χ0n) is 10.1. The van der Waals surface area contributed by atoms with E-state index in [-0.39, 0.29) is 0 Å². The summed E-state index contributed by atoms with van der Waals surface area (Å²) in [5.41, 5.74) is 2.61. The van der Waals surface area contributed by atoms with Gasteiger partial charge < -0.3 is 4.74 Å². The Bertz CT molecular complexity index is 369. The molecule has 0 amide bonds. The summed E-state index contributed by atoms with van der Waals surface area (Å²) in [6.45, 7) is 2.39. The Morgan fingerprint density at radius 3 is 2.56 bits per heavy atom. The average molecular weight is 262 g/mol. The lowest BCUT2D eigenvalue weighted by Crippen LogP contribution is -2.32. The van der Waals surface area contributed by atoms with Gasteiger partial charge in [-0.05, 0) is 12.5 Å². The fourth-order valence-electron chi connectivity index (χ4n) is 1.60. The molecule has 0 aromatic heterocycles. The summed E-state index contributed by atoms with van der Waals surface area (Å²) in [5, 5.41) is 0. The highest BCUT2D eigenvalue weighted by Gasteiger charge is 2.33. The predicted octanol–water partition coefficient (Wildman–Crippen LogP) is 2.93. The quantitative estimate of drug-likeness (QED) is 0.612. The number of ether oxygens (including phenoxy) is 1. The van der Waals surface area contributed by atoms with Gasteiger partial charge in [-0.15, -0.1) is 0 Å². The van der Waals surface area contributed by atoms with E-state index in [0.717, 1.165) is 6.42 Å². The van der Waals surface area contributed by atoms with Crippen molar-refractivity contribution < 1.29 is 17.9 Å². The second kappa shape index (κ2) is 6.61. The predicted molar refractivity (Wildman–Crippen MR) is 63.0 cm³/mol. The molecule has 6 heteroatoms. The Hall–Kier alpha value is -1.27. The first-order valence-corrected chi connectivity index (χ1v) is 5.72. The molecule has 0 aliphatic rings. The van der Waals surface area contributed by atoms with E-state index in [1.54, 1.807) is 24.3 Å². The molecule has 3 N–H and O–H groups in total.